The van der Waals surface area contributed by atoms with E-state index in [1.807, 2.05) is 6.92 Å². The number of benzene rings is 1. The highest BCUT2D eigenvalue weighted by molar-refractivity contribution is 5.94. The highest BCUT2D eigenvalue weighted by atomic mass is 16.6. The van der Waals surface area contributed by atoms with Gasteiger partial charge in [0, 0.05) is 0 Å². The number of carboxylic acid groups (broad SMARTS) is 1. The zero-order chi connectivity index (χ0) is 13.2. The summed E-state index contributed by atoms with van der Waals surface area (Å²) < 4.78 is 5.49. The first kappa shape index (κ1) is 12.6. The van der Waals surface area contributed by atoms with Gasteiger partial charge >= 0.3 is 11.9 Å². The van der Waals surface area contributed by atoms with Crippen LogP contribution in [0.4, 0.5) is 0 Å². The number of esters is 1. The summed E-state index contributed by atoms with van der Waals surface area (Å²) in [6.45, 7) is 1.93. The topological polar surface area (TPSA) is 63.6 Å². The fourth-order valence-corrected chi connectivity index (χ4v) is 2.29. The molecule has 0 saturated heterocycles. The second-order valence-corrected chi connectivity index (χ2v) is 4.93. The van der Waals surface area contributed by atoms with E-state index in [1.54, 1.807) is 12.1 Å². The number of ether oxygens (including phenoxy) is 1. The van der Waals surface area contributed by atoms with Gasteiger partial charge in [0.05, 0.1) is 11.1 Å². The van der Waals surface area contributed by atoms with Gasteiger partial charge in [-0.25, -0.2) is 9.59 Å². The van der Waals surface area contributed by atoms with Gasteiger partial charge in [-0.2, -0.15) is 0 Å². The van der Waals surface area contributed by atoms with Gasteiger partial charge in [0.1, 0.15) is 5.60 Å². The van der Waals surface area contributed by atoms with Gasteiger partial charge in [0.25, 0.3) is 0 Å². The molecule has 0 radical (unpaired) electrons. The summed E-state index contributed by atoms with van der Waals surface area (Å²) in [6.07, 6.45) is 3.88. The maximum absolute atomic E-state index is 12.0. The molecule has 0 heterocycles. The van der Waals surface area contributed by atoms with Crippen molar-refractivity contribution in [2.24, 2.45) is 0 Å². The average Bonchev–Trinajstić information content (AvgIpc) is 2.76. The standard InChI is InChI=1S/C14H16O4/c1-14(7-2-3-8-14)18-13(17)11-6-4-5-10(9-11)12(15)16/h4-6,9H,2-3,7-8H2,1H3,(H,15,16). The Bertz CT molecular complexity index is 472. The smallest absolute Gasteiger partial charge is 0.338 e. The number of hydrogen-bond donors (Lipinski definition) is 1. The van der Waals surface area contributed by atoms with Crippen molar-refractivity contribution >= 4 is 11.9 Å². The molecule has 1 aromatic carbocycles. The van der Waals surface area contributed by atoms with E-state index >= 15 is 0 Å². The Kier molecular flexibility index (Phi) is 3.36. The maximum Gasteiger partial charge on any atom is 0.338 e. The van der Waals surface area contributed by atoms with Gasteiger partial charge in [-0.1, -0.05) is 6.07 Å². The Morgan fingerprint density at radius 2 is 1.83 bits per heavy atom. The van der Waals surface area contributed by atoms with Crippen molar-refractivity contribution in [2.75, 3.05) is 0 Å². The van der Waals surface area contributed by atoms with Crippen LogP contribution in [0.25, 0.3) is 0 Å². The second-order valence-electron chi connectivity index (χ2n) is 4.93. The van der Waals surface area contributed by atoms with Crippen molar-refractivity contribution in [3.05, 3.63) is 35.4 Å². The molecule has 0 atom stereocenters. The predicted molar refractivity (Wildman–Crippen MR) is 65.7 cm³/mol. The number of aromatic carboxylic acids is 1. The molecule has 4 heteroatoms. The lowest BCUT2D eigenvalue weighted by atomic mass is 10.1. The molecule has 0 amide bonds. The van der Waals surface area contributed by atoms with Crippen molar-refractivity contribution in [1.82, 2.24) is 0 Å². The lowest BCUT2D eigenvalue weighted by molar-refractivity contribution is -0.00608. The third-order valence-electron chi connectivity index (χ3n) is 3.35. The van der Waals surface area contributed by atoms with Crippen LogP contribution in [0.5, 0.6) is 0 Å². The first-order chi connectivity index (χ1) is 8.50. The molecule has 1 aromatic rings. The minimum atomic E-state index is -1.04. The summed E-state index contributed by atoms with van der Waals surface area (Å²) in [5, 5.41) is 8.87. The van der Waals surface area contributed by atoms with Crippen LogP contribution in [0.1, 0.15) is 53.3 Å². The van der Waals surface area contributed by atoms with Crippen LogP contribution in [0, 0.1) is 0 Å². The Balaban J connectivity index is 2.13. The quantitative estimate of drug-likeness (QED) is 0.835. The molecule has 1 aliphatic rings. The Labute approximate surface area is 106 Å². The Morgan fingerprint density at radius 1 is 1.22 bits per heavy atom. The minimum Gasteiger partial charge on any atom is -0.478 e. The normalized spacial score (nSPS) is 17.4. The molecule has 2 rings (SSSR count). The van der Waals surface area contributed by atoms with E-state index in [1.165, 1.54) is 12.1 Å². The van der Waals surface area contributed by atoms with Crippen LogP contribution in [0.2, 0.25) is 0 Å². The molecule has 18 heavy (non-hydrogen) atoms. The molecular formula is C14H16O4. The first-order valence-electron chi connectivity index (χ1n) is 6.07. The highest BCUT2D eigenvalue weighted by Gasteiger charge is 2.32. The van der Waals surface area contributed by atoms with Gasteiger partial charge in [0.15, 0.2) is 0 Å². The van der Waals surface area contributed by atoms with Gasteiger partial charge in [-0.15, -0.1) is 0 Å². The van der Waals surface area contributed by atoms with Crippen molar-refractivity contribution < 1.29 is 19.4 Å². The first-order valence-corrected chi connectivity index (χ1v) is 6.07. The molecule has 4 nitrogen and oxygen atoms in total. The van der Waals surface area contributed by atoms with E-state index in [4.69, 9.17) is 9.84 Å². The summed E-state index contributed by atoms with van der Waals surface area (Å²) in [4.78, 5) is 22.8. The lowest BCUT2D eigenvalue weighted by Crippen LogP contribution is -2.28. The van der Waals surface area contributed by atoms with Crippen LogP contribution in [-0.2, 0) is 4.74 Å². The summed E-state index contributed by atoms with van der Waals surface area (Å²) >= 11 is 0. The zero-order valence-electron chi connectivity index (χ0n) is 10.3. The van der Waals surface area contributed by atoms with Crippen LogP contribution >= 0.6 is 0 Å². The Hall–Kier alpha value is -1.84. The molecule has 1 aliphatic carbocycles. The number of carboxylic acids is 1. The number of carbonyl (C=O) groups is 2. The fourth-order valence-electron chi connectivity index (χ4n) is 2.29. The minimum absolute atomic E-state index is 0.0982. The molecule has 1 saturated carbocycles. The molecule has 0 aromatic heterocycles. The molecule has 0 bridgehead atoms. The summed E-state index contributed by atoms with van der Waals surface area (Å²) in [7, 11) is 0. The molecule has 0 aliphatic heterocycles. The number of rotatable bonds is 3. The Morgan fingerprint density at radius 3 is 2.44 bits per heavy atom. The van der Waals surface area contributed by atoms with E-state index < -0.39 is 17.5 Å². The summed E-state index contributed by atoms with van der Waals surface area (Å²) in [6, 6.07) is 5.93. The monoisotopic (exact) mass is 248 g/mol. The van der Waals surface area contributed by atoms with Gasteiger partial charge < -0.3 is 9.84 Å². The SMILES string of the molecule is CC1(OC(=O)c2cccc(C(=O)O)c2)CCCC1. The number of hydrogen-bond acceptors (Lipinski definition) is 3. The van der Waals surface area contributed by atoms with Crippen molar-refractivity contribution in [3.8, 4) is 0 Å². The van der Waals surface area contributed by atoms with E-state index in [0.717, 1.165) is 25.7 Å². The molecule has 96 valence electrons. The molecule has 1 fully saturated rings. The maximum atomic E-state index is 12.0. The molecule has 1 N–H and O–H groups in total. The second kappa shape index (κ2) is 4.80. The van der Waals surface area contributed by atoms with E-state index in [0.29, 0.717) is 5.56 Å². The van der Waals surface area contributed by atoms with Crippen molar-refractivity contribution in [1.29, 1.82) is 0 Å². The molecule has 0 unspecified atom stereocenters. The van der Waals surface area contributed by atoms with Crippen LogP contribution in [0.3, 0.4) is 0 Å². The fraction of sp³-hybridized carbons (Fsp3) is 0.429. The van der Waals surface area contributed by atoms with E-state index in [2.05, 4.69) is 0 Å². The van der Waals surface area contributed by atoms with Crippen molar-refractivity contribution in [2.45, 2.75) is 38.2 Å². The van der Waals surface area contributed by atoms with E-state index in [-0.39, 0.29) is 5.56 Å². The van der Waals surface area contributed by atoms with Crippen LogP contribution in [-0.4, -0.2) is 22.6 Å². The lowest BCUT2D eigenvalue weighted by Gasteiger charge is -2.24. The van der Waals surface area contributed by atoms with Gasteiger partial charge in [-0.3, -0.25) is 0 Å². The van der Waals surface area contributed by atoms with Crippen LogP contribution < -0.4 is 0 Å². The molecule has 0 spiro atoms. The van der Waals surface area contributed by atoms with Gasteiger partial charge in [-0.05, 0) is 50.8 Å². The summed E-state index contributed by atoms with van der Waals surface area (Å²) in [5.41, 5.74) is 0.0000909. The average molecular weight is 248 g/mol. The van der Waals surface area contributed by atoms with Gasteiger partial charge in [0.2, 0.25) is 0 Å². The number of carbonyl (C=O) groups excluding carboxylic acids is 1. The molecular weight excluding hydrogens is 232 g/mol. The third kappa shape index (κ3) is 2.70. The zero-order valence-corrected chi connectivity index (χ0v) is 10.3. The van der Waals surface area contributed by atoms with Crippen LogP contribution in [0.15, 0.2) is 24.3 Å². The third-order valence-corrected chi connectivity index (χ3v) is 3.35. The summed E-state index contributed by atoms with van der Waals surface area (Å²) in [5.74, 6) is -1.49. The van der Waals surface area contributed by atoms with E-state index in [9.17, 15) is 9.59 Å². The largest absolute Gasteiger partial charge is 0.478 e. The van der Waals surface area contributed by atoms with Crippen molar-refractivity contribution in [3.63, 3.8) is 0 Å². The predicted octanol–water partition coefficient (Wildman–Crippen LogP) is 2.87. The highest BCUT2D eigenvalue weighted by Crippen LogP contribution is 2.33.